The maximum atomic E-state index is 13.4. The molecule has 33 heavy (non-hydrogen) atoms. The maximum Gasteiger partial charge on any atom is 0.278 e. The van der Waals surface area contributed by atoms with Crippen LogP contribution >= 0.6 is 11.6 Å². The Morgan fingerprint density at radius 3 is 2.45 bits per heavy atom. The van der Waals surface area contributed by atoms with Crippen LogP contribution < -0.4 is 10.3 Å². The Hall–Kier alpha value is -3.33. The number of hydrogen-bond donors (Lipinski definition) is 1. The molecule has 4 aromatic rings. The highest BCUT2D eigenvalue weighted by Crippen LogP contribution is 2.24. The monoisotopic (exact) mass is 484 g/mol. The first-order chi connectivity index (χ1) is 15.9. The first kappa shape index (κ1) is 22.8. The van der Waals surface area contributed by atoms with Crippen molar-refractivity contribution in [1.29, 1.82) is 0 Å². The zero-order valence-corrected chi connectivity index (χ0v) is 18.7. The van der Waals surface area contributed by atoms with E-state index in [1.807, 2.05) is 0 Å². The van der Waals surface area contributed by atoms with Gasteiger partial charge in [0.25, 0.3) is 5.56 Å². The third-order valence-corrected chi connectivity index (χ3v) is 5.70. The molecule has 0 aliphatic rings. The molecule has 0 saturated carbocycles. The van der Waals surface area contributed by atoms with Gasteiger partial charge in [0.05, 0.1) is 23.2 Å². The number of ether oxygens (including phenoxy) is 1. The topological polar surface area (TPSA) is 81.4 Å². The number of hydrogen-bond acceptors (Lipinski definition) is 4. The van der Waals surface area contributed by atoms with Gasteiger partial charge < -0.3 is 9.29 Å². The van der Waals surface area contributed by atoms with Gasteiger partial charge in [0.15, 0.2) is 11.1 Å². The fourth-order valence-electron chi connectivity index (χ4n) is 3.28. The molecule has 0 bridgehead atoms. The van der Waals surface area contributed by atoms with E-state index in [0.717, 1.165) is 0 Å². The van der Waals surface area contributed by atoms with Crippen LogP contribution in [-0.2, 0) is 23.4 Å². The van der Waals surface area contributed by atoms with Gasteiger partial charge in [0, 0.05) is 10.6 Å². The van der Waals surface area contributed by atoms with Gasteiger partial charge >= 0.3 is 0 Å². The molecule has 0 aliphatic heterocycles. The van der Waals surface area contributed by atoms with Crippen LogP contribution in [0.3, 0.4) is 0 Å². The van der Waals surface area contributed by atoms with Crippen molar-refractivity contribution in [2.24, 2.45) is 0 Å². The predicted molar refractivity (Wildman–Crippen MR) is 125 cm³/mol. The molecule has 3 aromatic carbocycles. The summed E-state index contributed by atoms with van der Waals surface area (Å²) in [5.41, 5.74) is 2.39. The highest BCUT2D eigenvalue weighted by Gasteiger charge is 2.16. The molecule has 0 aliphatic carbocycles. The lowest BCUT2D eigenvalue weighted by atomic mass is 10.0. The Labute approximate surface area is 196 Å². The van der Waals surface area contributed by atoms with E-state index in [4.69, 9.17) is 20.9 Å². The van der Waals surface area contributed by atoms with Gasteiger partial charge in [0.1, 0.15) is 18.2 Å². The number of aromatic nitrogens is 2. The normalized spacial score (nSPS) is 11.8. The highest BCUT2D eigenvalue weighted by atomic mass is 35.5. The summed E-state index contributed by atoms with van der Waals surface area (Å²) in [7, 11) is 0. The van der Waals surface area contributed by atoms with Crippen molar-refractivity contribution < 1.29 is 17.9 Å². The summed E-state index contributed by atoms with van der Waals surface area (Å²) in [5.74, 6) is 0.0305. The summed E-state index contributed by atoms with van der Waals surface area (Å²) < 4.78 is 40.4. The Balaban J connectivity index is 1.76. The molecular weight excluding hydrogens is 467 g/mol. The molecule has 0 spiro atoms. The van der Waals surface area contributed by atoms with Crippen LogP contribution in [0.4, 0.5) is 4.39 Å². The fraction of sp³-hybridized carbons (Fsp3) is 0.0833. The zero-order chi connectivity index (χ0) is 23.4. The number of benzene rings is 3. The fourth-order valence-corrected chi connectivity index (χ4v) is 3.94. The van der Waals surface area contributed by atoms with Crippen molar-refractivity contribution >= 4 is 22.7 Å². The summed E-state index contributed by atoms with van der Waals surface area (Å²) in [6, 6.07) is 19.2. The van der Waals surface area contributed by atoms with Gasteiger partial charge in [-0.15, -0.1) is 0 Å². The summed E-state index contributed by atoms with van der Waals surface area (Å²) in [4.78, 5) is 13.4. The van der Waals surface area contributed by atoms with E-state index in [1.165, 1.54) is 28.9 Å². The summed E-state index contributed by atoms with van der Waals surface area (Å²) in [6.07, 6.45) is 1.56. The van der Waals surface area contributed by atoms with Crippen molar-refractivity contribution in [3.05, 3.63) is 111 Å². The van der Waals surface area contributed by atoms with E-state index in [0.29, 0.717) is 38.7 Å². The molecule has 6 nitrogen and oxygen atoms in total. The van der Waals surface area contributed by atoms with Crippen LogP contribution in [0, 0.1) is 5.82 Å². The van der Waals surface area contributed by atoms with Crippen LogP contribution in [-0.4, -0.2) is 18.5 Å². The molecule has 0 radical (unpaired) electrons. The van der Waals surface area contributed by atoms with Crippen molar-refractivity contribution in [2.75, 3.05) is 0 Å². The minimum Gasteiger partial charge on any atom is -0.489 e. The molecule has 0 fully saturated rings. The molecule has 1 unspecified atom stereocenters. The summed E-state index contributed by atoms with van der Waals surface area (Å²) in [6.45, 7) is -0.0781. The Morgan fingerprint density at radius 1 is 1.06 bits per heavy atom. The largest absolute Gasteiger partial charge is 0.489 e. The lowest BCUT2D eigenvalue weighted by Gasteiger charge is -2.14. The minimum absolute atomic E-state index is 0.00935. The molecule has 1 aromatic heterocycles. The number of rotatable bonds is 7. The second-order valence-corrected chi connectivity index (χ2v) is 8.51. The van der Waals surface area contributed by atoms with Crippen LogP contribution in [0.2, 0.25) is 5.02 Å². The van der Waals surface area contributed by atoms with Crippen molar-refractivity contribution in [2.45, 2.75) is 12.4 Å². The molecule has 0 saturated heterocycles. The molecule has 4 rings (SSSR count). The minimum atomic E-state index is -1.95. The average Bonchev–Trinajstić information content (AvgIpc) is 2.79. The molecular formula is C24H18ClFN2O4S. The Kier molecular flexibility index (Phi) is 6.98. The van der Waals surface area contributed by atoms with Crippen molar-refractivity contribution in [3.8, 4) is 22.6 Å². The van der Waals surface area contributed by atoms with Gasteiger partial charge in [-0.2, -0.15) is 9.78 Å². The second kappa shape index (κ2) is 10.1. The zero-order valence-electron chi connectivity index (χ0n) is 17.2. The number of nitrogens with zero attached hydrogens (tertiary/aromatic N) is 2. The molecule has 1 N–H and O–H groups in total. The van der Waals surface area contributed by atoms with Crippen LogP contribution in [0.15, 0.2) is 83.8 Å². The van der Waals surface area contributed by atoms with Crippen molar-refractivity contribution in [1.82, 2.24) is 9.78 Å². The van der Waals surface area contributed by atoms with E-state index in [1.54, 1.807) is 54.7 Å². The smallest absolute Gasteiger partial charge is 0.278 e. The van der Waals surface area contributed by atoms with Crippen LogP contribution in [0.5, 0.6) is 5.75 Å². The first-order valence-electron chi connectivity index (χ1n) is 9.83. The van der Waals surface area contributed by atoms with E-state index in [2.05, 4.69) is 5.10 Å². The molecule has 0 amide bonds. The second-order valence-electron chi connectivity index (χ2n) is 7.14. The quantitative estimate of drug-likeness (QED) is 0.374. The standard InChI is InChI=1S/C24H18ClFN2O4S/c25-18-2-1-3-20(12-18)28-24(29)23(14-32-21-10-8-19(26)9-11-21)22(13-27-28)17-6-4-16(5-7-17)15-33(30)31/h1-13H,14-15H2,(H,30,31). The van der Waals surface area contributed by atoms with Crippen molar-refractivity contribution in [3.63, 3.8) is 0 Å². The van der Waals surface area contributed by atoms with Crippen LogP contribution in [0.1, 0.15) is 11.1 Å². The van der Waals surface area contributed by atoms with E-state index < -0.39 is 16.6 Å². The summed E-state index contributed by atoms with van der Waals surface area (Å²) in [5, 5.41) is 4.78. The highest BCUT2D eigenvalue weighted by molar-refractivity contribution is 7.78. The molecule has 1 atom stereocenters. The summed E-state index contributed by atoms with van der Waals surface area (Å²) >= 11 is 4.13. The average molecular weight is 485 g/mol. The predicted octanol–water partition coefficient (Wildman–Crippen LogP) is 4.99. The van der Waals surface area contributed by atoms with E-state index in [9.17, 15) is 13.4 Å². The van der Waals surface area contributed by atoms with Crippen LogP contribution in [0.25, 0.3) is 16.8 Å². The first-order valence-corrected chi connectivity index (χ1v) is 11.5. The van der Waals surface area contributed by atoms with E-state index >= 15 is 0 Å². The lowest BCUT2D eigenvalue weighted by molar-refractivity contribution is 0.303. The van der Waals surface area contributed by atoms with Gasteiger partial charge in [-0.1, -0.05) is 41.9 Å². The Bertz CT molecular complexity index is 1360. The molecule has 9 heteroatoms. The number of halogens is 2. The van der Waals surface area contributed by atoms with Gasteiger partial charge in [0.2, 0.25) is 0 Å². The van der Waals surface area contributed by atoms with Gasteiger partial charge in [-0.25, -0.2) is 8.60 Å². The molecule has 1 heterocycles. The van der Waals surface area contributed by atoms with Gasteiger partial charge in [-0.3, -0.25) is 4.79 Å². The SMILES string of the molecule is O=c1c(COc2ccc(F)cc2)c(-c2ccc(CS(=O)O)cc2)cnn1-c1cccc(Cl)c1. The third-order valence-electron chi connectivity index (χ3n) is 4.88. The Morgan fingerprint density at radius 2 is 1.79 bits per heavy atom. The maximum absolute atomic E-state index is 13.4. The third kappa shape index (κ3) is 5.54. The molecule has 168 valence electrons. The lowest BCUT2D eigenvalue weighted by Crippen LogP contribution is -2.26. The van der Waals surface area contributed by atoms with E-state index in [-0.39, 0.29) is 18.2 Å². The van der Waals surface area contributed by atoms with Gasteiger partial charge in [-0.05, 0) is 53.6 Å².